The number of likely N-dealkylation sites (tertiary alicyclic amines) is 1. The molecule has 0 aromatic heterocycles. The third-order valence-corrected chi connectivity index (χ3v) is 6.48. The van der Waals surface area contributed by atoms with Gasteiger partial charge in [0.25, 0.3) is 0 Å². The Morgan fingerprint density at radius 2 is 1.90 bits per heavy atom. The van der Waals surface area contributed by atoms with Gasteiger partial charge < -0.3 is 19.8 Å². The number of carbonyl (C=O) groups excluding carboxylic acids is 1. The minimum atomic E-state index is -0.540. The summed E-state index contributed by atoms with van der Waals surface area (Å²) in [5.74, 6) is 1.67. The Morgan fingerprint density at radius 1 is 1.17 bits per heavy atom. The van der Waals surface area contributed by atoms with Gasteiger partial charge >= 0.3 is 0 Å². The van der Waals surface area contributed by atoms with Crippen molar-refractivity contribution in [2.24, 2.45) is 0 Å². The van der Waals surface area contributed by atoms with E-state index < -0.39 is 5.72 Å². The van der Waals surface area contributed by atoms with E-state index in [1.165, 1.54) is 5.56 Å². The van der Waals surface area contributed by atoms with Crippen molar-refractivity contribution in [3.8, 4) is 11.5 Å². The molecular formula is C24H27N3O3. The number of piperidine rings is 1. The average Bonchev–Trinajstić information content (AvgIpc) is 3.21. The molecule has 6 nitrogen and oxygen atoms in total. The van der Waals surface area contributed by atoms with Crippen molar-refractivity contribution >= 4 is 11.6 Å². The maximum atomic E-state index is 11.9. The largest absolute Gasteiger partial charge is 0.493 e. The molecule has 2 aromatic carbocycles. The minimum Gasteiger partial charge on any atom is -0.493 e. The first kappa shape index (κ1) is 19.0. The standard InChI is InChI=1S/C24H27N3O3/c1-16-7-9-18(10-8-16)20-15-21-19-5-4-6-22(29-3)23(19)30-24(27(21)25-20)11-13-26(14-12-24)17(2)28/h4-10,15,21,25H,11-14H2,1-3H3/t21-/m1/s1. The zero-order valence-corrected chi connectivity index (χ0v) is 17.6. The number of methoxy groups -OCH3 is 1. The molecule has 0 bridgehead atoms. The Bertz CT molecular complexity index is 1010. The zero-order valence-electron chi connectivity index (χ0n) is 17.6. The first-order valence-electron chi connectivity index (χ1n) is 10.5. The summed E-state index contributed by atoms with van der Waals surface area (Å²) in [6.45, 7) is 5.07. The molecule has 2 aromatic rings. The lowest BCUT2D eigenvalue weighted by Crippen LogP contribution is -2.64. The predicted molar refractivity (Wildman–Crippen MR) is 115 cm³/mol. The van der Waals surface area contributed by atoms with Crippen molar-refractivity contribution < 1.29 is 14.3 Å². The van der Waals surface area contributed by atoms with E-state index in [0.717, 1.165) is 41.2 Å². The fraction of sp³-hybridized carbons (Fsp3) is 0.375. The number of rotatable bonds is 2. The second-order valence-corrected chi connectivity index (χ2v) is 8.31. The Hall–Kier alpha value is -2.99. The molecule has 0 radical (unpaired) electrons. The molecule has 156 valence electrons. The van der Waals surface area contributed by atoms with Crippen LogP contribution in [-0.4, -0.2) is 41.7 Å². The van der Waals surface area contributed by atoms with Crippen molar-refractivity contribution in [1.29, 1.82) is 0 Å². The minimum absolute atomic E-state index is 0.0315. The van der Waals surface area contributed by atoms with Crippen LogP contribution in [0.25, 0.3) is 5.70 Å². The van der Waals surface area contributed by atoms with Crippen molar-refractivity contribution in [3.63, 3.8) is 0 Å². The van der Waals surface area contributed by atoms with Gasteiger partial charge in [-0.3, -0.25) is 4.79 Å². The van der Waals surface area contributed by atoms with Gasteiger partial charge in [-0.2, -0.15) is 5.01 Å². The van der Waals surface area contributed by atoms with Crippen molar-refractivity contribution in [2.45, 2.75) is 38.5 Å². The van der Waals surface area contributed by atoms with Crippen LogP contribution in [0.4, 0.5) is 0 Å². The first-order chi connectivity index (χ1) is 14.5. The maximum absolute atomic E-state index is 11.9. The molecule has 1 atom stereocenters. The van der Waals surface area contributed by atoms with E-state index in [1.54, 1.807) is 14.0 Å². The molecule has 1 saturated heterocycles. The molecule has 0 aliphatic carbocycles. The van der Waals surface area contributed by atoms with Crippen LogP contribution in [0.5, 0.6) is 11.5 Å². The van der Waals surface area contributed by atoms with Crippen LogP contribution >= 0.6 is 0 Å². The number of hydrazine groups is 1. The van der Waals surface area contributed by atoms with Gasteiger partial charge in [0.05, 0.1) is 18.8 Å². The molecule has 1 amide bonds. The van der Waals surface area contributed by atoms with Crippen molar-refractivity contribution in [3.05, 3.63) is 65.2 Å². The quantitative estimate of drug-likeness (QED) is 0.827. The molecule has 3 aliphatic rings. The molecule has 1 fully saturated rings. The van der Waals surface area contributed by atoms with Crippen LogP contribution in [0.1, 0.15) is 42.5 Å². The van der Waals surface area contributed by atoms with E-state index in [2.05, 4.69) is 53.8 Å². The van der Waals surface area contributed by atoms with E-state index in [0.29, 0.717) is 13.1 Å². The van der Waals surface area contributed by atoms with Crippen LogP contribution in [-0.2, 0) is 4.79 Å². The summed E-state index contributed by atoms with van der Waals surface area (Å²) < 4.78 is 12.3. The van der Waals surface area contributed by atoms with Crippen LogP contribution in [0, 0.1) is 6.92 Å². The number of para-hydroxylation sites is 1. The summed E-state index contributed by atoms with van der Waals surface area (Å²) in [6, 6.07) is 14.6. The second-order valence-electron chi connectivity index (χ2n) is 8.31. The fourth-order valence-electron chi connectivity index (χ4n) is 4.74. The lowest BCUT2D eigenvalue weighted by molar-refractivity contribution is -0.165. The fourth-order valence-corrected chi connectivity index (χ4v) is 4.74. The van der Waals surface area contributed by atoms with Crippen molar-refractivity contribution in [1.82, 2.24) is 15.3 Å². The SMILES string of the molecule is COc1cccc2c1OC1(CCN(C(C)=O)CC1)N1NC(c3ccc(C)cc3)=C[C@H]21. The number of aryl methyl sites for hydroxylation is 1. The highest BCUT2D eigenvalue weighted by molar-refractivity contribution is 5.73. The number of nitrogens with zero attached hydrogens (tertiary/aromatic N) is 2. The number of hydrogen-bond donors (Lipinski definition) is 1. The Labute approximate surface area is 177 Å². The number of benzene rings is 2. The van der Waals surface area contributed by atoms with Gasteiger partial charge in [-0.05, 0) is 24.6 Å². The smallest absolute Gasteiger partial charge is 0.219 e. The third kappa shape index (κ3) is 2.94. The van der Waals surface area contributed by atoms with Crippen LogP contribution in [0.3, 0.4) is 0 Å². The van der Waals surface area contributed by atoms with Gasteiger partial charge in [-0.15, -0.1) is 0 Å². The van der Waals surface area contributed by atoms with Crippen LogP contribution < -0.4 is 14.9 Å². The number of carbonyl (C=O) groups is 1. The molecule has 0 saturated carbocycles. The summed E-state index contributed by atoms with van der Waals surface area (Å²) in [6.07, 6.45) is 3.72. The lowest BCUT2D eigenvalue weighted by Gasteiger charge is -2.51. The van der Waals surface area contributed by atoms with Gasteiger partial charge in [0.15, 0.2) is 17.2 Å². The van der Waals surface area contributed by atoms with Crippen LogP contribution in [0.15, 0.2) is 48.5 Å². The summed E-state index contributed by atoms with van der Waals surface area (Å²) in [5.41, 5.74) is 7.65. The van der Waals surface area contributed by atoms with E-state index in [-0.39, 0.29) is 11.9 Å². The Morgan fingerprint density at radius 3 is 2.57 bits per heavy atom. The number of ether oxygens (including phenoxy) is 2. The van der Waals surface area contributed by atoms with Gasteiger partial charge in [-0.25, -0.2) is 0 Å². The average molecular weight is 405 g/mol. The van der Waals surface area contributed by atoms with E-state index in [1.807, 2.05) is 17.0 Å². The molecule has 0 unspecified atom stereocenters. The van der Waals surface area contributed by atoms with E-state index in [9.17, 15) is 4.79 Å². The zero-order chi connectivity index (χ0) is 20.9. The van der Waals surface area contributed by atoms with Gasteiger partial charge in [0.2, 0.25) is 5.91 Å². The third-order valence-electron chi connectivity index (χ3n) is 6.48. The Balaban J connectivity index is 1.56. The predicted octanol–water partition coefficient (Wildman–Crippen LogP) is 3.64. The monoisotopic (exact) mass is 405 g/mol. The summed E-state index contributed by atoms with van der Waals surface area (Å²) >= 11 is 0. The number of nitrogens with one attached hydrogen (secondary N) is 1. The Kier molecular flexibility index (Phi) is 4.47. The van der Waals surface area contributed by atoms with Crippen molar-refractivity contribution in [2.75, 3.05) is 20.2 Å². The first-order valence-corrected chi connectivity index (χ1v) is 10.5. The highest BCUT2D eigenvalue weighted by atomic mass is 16.5. The molecule has 1 spiro atoms. The number of hydrogen-bond acceptors (Lipinski definition) is 5. The summed E-state index contributed by atoms with van der Waals surface area (Å²) in [4.78, 5) is 13.8. The topological polar surface area (TPSA) is 54.0 Å². The molecule has 1 N–H and O–H groups in total. The normalized spacial score (nSPS) is 21.9. The highest BCUT2D eigenvalue weighted by Crippen LogP contribution is 2.51. The molecular weight excluding hydrogens is 378 g/mol. The molecule has 3 heterocycles. The molecule has 3 aliphatic heterocycles. The van der Waals surface area contributed by atoms with E-state index >= 15 is 0 Å². The number of amides is 1. The summed E-state index contributed by atoms with van der Waals surface area (Å²) in [5, 5.41) is 2.24. The van der Waals surface area contributed by atoms with Gasteiger partial charge in [0, 0.05) is 38.4 Å². The lowest BCUT2D eigenvalue weighted by atomic mass is 9.92. The van der Waals surface area contributed by atoms with Gasteiger partial charge in [-0.1, -0.05) is 42.0 Å². The molecule has 6 heteroatoms. The van der Waals surface area contributed by atoms with Gasteiger partial charge in [0.1, 0.15) is 0 Å². The highest BCUT2D eigenvalue weighted by Gasteiger charge is 2.52. The maximum Gasteiger partial charge on any atom is 0.219 e. The van der Waals surface area contributed by atoms with E-state index in [4.69, 9.17) is 9.47 Å². The second kappa shape index (κ2) is 7.06. The molecule has 5 rings (SSSR count). The van der Waals surface area contributed by atoms with Crippen LogP contribution in [0.2, 0.25) is 0 Å². The number of fused-ring (bicyclic) bond motifs is 4. The summed E-state index contributed by atoms with van der Waals surface area (Å²) in [7, 11) is 1.68. The molecule has 30 heavy (non-hydrogen) atoms.